The highest BCUT2D eigenvalue weighted by Gasteiger charge is 2.30. The van der Waals surface area contributed by atoms with Gasteiger partial charge in [-0.15, -0.1) is 0 Å². The number of carbonyl (C=O) groups excluding carboxylic acids is 1. The Kier molecular flexibility index (Phi) is 5.08. The Bertz CT molecular complexity index is 855. The molecule has 1 aliphatic rings. The molecule has 0 amide bonds. The Morgan fingerprint density at radius 2 is 1.88 bits per heavy atom. The van der Waals surface area contributed by atoms with E-state index in [-0.39, 0.29) is 17.5 Å². The number of Topliss-reactive ketones (excluding diaryl/α,β-unsaturated/α-hetero) is 1. The summed E-state index contributed by atoms with van der Waals surface area (Å²) in [7, 11) is -1.89. The van der Waals surface area contributed by atoms with Crippen LogP contribution in [0.3, 0.4) is 0 Å². The molecule has 0 unspecified atom stereocenters. The lowest BCUT2D eigenvalue weighted by atomic mass is 10.1. The van der Waals surface area contributed by atoms with E-state index in [4.69, 9.17) is 4.74 Å². The molecule has 0 heterocycles. The van der Waals surface area contributed by atoms with Gasteiger partial charge in [0.2, 0.25) is 10.0 Å². The summed E-state index contributed by atoms with van der Waals surface area (Å²) in [6.07, 6.45) is 2.31. The van der Waals surface area contributed by atoms with E-state index >= 15 is 0 Å². The molecule has 0 saturated heterocycles. The van der Waals surface area contributed by atoms with Crippen LogP contribution < -0.4 is 9.46 Å². The van der Waals surface area contributed by atoms with E-state index < -0.39 is 10.0 Å². The SMILES string of the molecule is COc1cccc(CCS(=O)(=O)Nc2ccc(C(=O)C3CC3)cc2)c1. The first kappa shape index (κ1) is 17.5. The molecular formula is C19H21NO4S. The molecule has 0 aliphatic heterocycles. The maximum atomic E-state index is 12.3. The summed E-state index contributed by atoms with van der Waals surface area (Å²) in [6.45, 7) is 0. The van der Waals surface area contributed by atoms with Crippen molar-refractivity contribution in [3.63, 3.8) is 0 Å². The van der Waals surface area contributed by atoms with E-state index in [0.717, 1.165) is 18.4 Å². The van der Waals surface area contributed by atoms with E-state index in [0.29, 0.717) is 23.4 Å². The Hall–Kier alpha value is -2.34. The topological polar surface area (TPSA) is 72.5 Å². The molecule has 0 atom stereocenters. The quantitative estimate of drug-likeness (QED) is 0.734. The van der Waals surface area contributed by atoms with Gasteiger partial charge in [-0.1, -0.05) is 12.1 Å². The maximum Gasteiger partial charge on any atom is 0.233 e. The minimum Gasteiger partial charge on any atom is -0.497 e. The second-order valence-electron chi connectivity index (χ2n) is 6.24. The number of nitrogens with one attached hydrogen (secondary N) is 1. The zero-order valence-corrected chi connectivity index (χ0v) is 14.9. The minimum atomic E-state index is -3.47. The zero-order chi connectivity index (χ0) is 17.9. The molecule has 3 rings (SSSR count). The first-order chi connectivity index (χ1) is 12.0. The van der Waals surface area contributed by atoms with Gasteiger partial charge in [0.15, 0.2) is 5.78 Å². The molecule has 0 aromatic heterocycles. The van der Waals surface area contributed by atoms with Crippen LogP contribution in [0.1, 0.15) is 28.8 Å². The van der Waals surface area contributed by atoms with E-state index in [1.807, 2.05) is 24.3 Å². The maximum absolute atomic E-state index is 12.3. The van der Waals surface area contributed by atoms with E-state index in [1.54, 1.807) is 31.4 Å². The number of rotatable bonds is 8. The molecule has 1 aliphatic carbocycles. The number of hydrogen-bond donors (Lipinski definition) is 1. The summed E-state index contributed by atoms with van der Waals surface area (Å²) in [6, 6.07) is 14.0. The van der Waals surface area contributed by atoms with Crippen LogP contribution in [0, 0.1) is 5.92 Å². The summed E-state index contributed by atoms with van der Waals surface area (Å²) in [5.41, 5.74) is 2.01. The van der Waals surface area contributed by atoms with Crippen LogP contribution in [-0.2, 0) is 16.4 Å². The predicted molar refractivity (Wildman–Crippen MR) is 97.6 cm³/mol. The van der Waals surface area contributed by atoms with Gasteiger partial charge in [0, 0.05) is 17.2 Å². The van der Waals surface area contributed by atoms with Gasteiger partial charge < -0.3 is 4.74 Å². The molecule has 0 bridgehead atoms. The third-order valence-corrected chi connectivity index (χ3v) is 5.47. The Balaban J connectivity index is 1.59. The van der Waals surface area contributed by atoms with E-state index in [1.165, 1.54) is 0 Å². The molecule has 1 N–H and O–H groups in total. The second kappa shape index (κ2) is 7.27. The lowest BCUT2D eigenvalue weighted by Crippen LogP contribution is -2.18. The average molecular weight is 359 g/mol. The van der Waals surface area contributed by atoms with Crippen molar-refractivity contribution in [1.29, 1.82) is 0 Å². The van der Waals surface area contributed by atoms with E-state index in [2.05, 4.69) is 4.72 Å². The van der Waals surface area contributed by atoms with Crippen LogP contribution in [0.4, 0.5) is 5.69 Å². The molecule has 5 nitrogen and oxygen atoms in total. The summed E-state index contributed by atoms with van der Waals surface area (Å²) in [5.74, 6) is 0.986. The van der Waals surface area contributed by atoms with Crippen LogP contribution in [0.2, 0.25) is 0 Å². The number of ketones is 1. The van der Waals surface area contributed by atoms with Crippen LogP contribution >= 0.6 is 0 Å². The van der Waals surface area contributed by atoms with Gasteiger partial charge >= 0.3 is 0 Å². The molecule has 2 aromatic carbocycles. The van der Waals surface area contributed by atoms with Crippen LogP contribution in [0.5, 0.6) is 5.75 Å². The number of sulfonamides is 1. The molecule has 0 spiro atoms. The fourth-order valence-electron chi connectivity index (χ4n) is 2.59. The van der Waals surface area contributed by atoms with Crippen LogP contribution in [0.15, 0.2) is 48.5 Å². The number of benzene rings is 2. The van der Waals surface area contributed by atoms with Gasteiger partial charge in [0.25, 0.3) is 0 Å². The lowest BCUT2D eigenvalue weighted by Gasteiger charge is -2.09. The Morgan fingerprint density at radius 1 is 1.16 bits per heavy atom. The molecule has 2 aromatic rings. The van der Waals surface area contributed by atoms with Crippen molar-refractivity contribution >= 4 is 21.5 Å². The minimum absolute atomic E-state index is 0.0249. The van der Waals surface area contributed by atoms with Crippen molar-refractivity contribution in [2.75, 3.05) is 17.6 Å². The zero-order valence-electron chi connectivity index (χ0n) is 14.1. The number of carbonyl (C=O) groups is 1. The Morgan fingerprint density at radius 3 is 2.52 bits per heavy atom. The first-order valence-corrected chi connectivity index (χ1v) is 9.90. The number of anilines is 1. The van der Waals surface area contributed by atoms with Crippen molar-refractivity contribution in [3.05, 3.63) is 59.7 Å². The molecule has 1 saturated carbocycles. The smallest absolute Gasteiger partial charge is 0.233 e. The largest absolute Gasteiger partial charge is 0.497 e. The van der Waals surface area contributed by atoms with Gasteiger partial charge in [-0.2, -0.15) is 0 Å². The van der Waals surface area contributed by atoms with Gasteiger partial charge in [-0.05, 0) is 61.2 Å². The molecule has 1 fully saturated rings. The number of hydrogen-bond acceptors (Lipinski definition) is 4. The van der Waals surface area contributed by atoms with Crippen molar-refractivity contribution in [1.82, 2.24) is 0 Å². The average Bonchev–Trinajstić information content (AvgIpc) is 3.45. The summed E-state index contributed by atoms with van der Waals surface area (Å²) in [4.78, 5) is 12.0. The predicted octanol–water partition coefficient (Wildman–Crippen LogP) is 3.27. The third-order valence-electron chi connectivity index (χ3n) is 4.18. The van der Waals surface area contributed by atoms with Crippen LogP contribution in [-0.4, -0.2) is 27.1 Å². The van der Waals surface area contributed by atoms with Gasteiger partial charge in [0.05, 0.1) is 12.9 Å². The molecule has 0 radical (unpaired) electrons. The fraction of sp³-hybridized carbons (Fsp3) is 0.316. The van der Waals surface area contributed by atoms with Gasteiger partial charge in [-0.3, -0.25) is 9.52 Å². The first-order valence-electron chi connectivity index (χ1n) is 8.24. The molecule has 132 valence electrons. The monoisotopic (exact) mass is 359 g/mol. The van der Waals surface area contributed by atoms with Gasteiger partial charge in [0.1, 0.15) is 5.75 Å². The molecular weight excluding hydrogens is 338 g/mol. The highest BCUT2D eigenvalue weighted by molar-refractivity contribution is 7.92. The number of ether oxygens (including phenoxy) is 1. The van der Waals surface area contributed by atoms with Crippen molar-refractivity contribution in [2.45, 2.75) is 19.3 Å². The highest BCUT2D eigenvalue weighted by Crippen LogP contribution is 2.32. The lowest BCUT2D eigenvalue weighted by molar-refractivity contribution is 0.0967. The summed E-state index contributed by atoms with van der Waals surface area (Å²) in [5, 5.41) is 0. The summed E-state index contributed by atoms with van der Waals surface area (Å²) < 4.78 is 32.2. The van der Waals surface area contributed by atoms with E-state index in [9.17, 15) is 13.2 Å². The van der Waals surface area contributed by atoms with Crippen molar-refractivity contribution in [3.8, 4) is 5.75 Å². The van der Waals surface area contributed by atoms with Crippen LogP contribution in [0.25, 0.3) is 0 Å². The number of aryl methyl sites for hydroxylation is 1. The van der Waals surface area contributed by atoms with Crippen molar-refractivity contribution < 1.29 is 17.9 Å². The second-order valence-corrected chi connectivity index (χ2v) is 8.08. The highest BCUT2D eigenvalue weighted by atomic mass is 32.2. The normalized spacial score (nSPS) is 14.1. The molecule has 25 heavy (non-hydrogen) atoms. The number of methoxy groups -OCH3 is 1. The standard InChI is InChI=1S/C19H21NO4S/c1-24-18-4-2-3-14(13-18)11-12-25(22,23)20-17-9-7-16(8-10-17)19(21)15-5-6-15/h2-4,7-10,13,15,20H,5-6,11-12H2,1H3. The van der Waals surface area contributed by atoms with Crippen molar-refractivity contribution in [2.24, 2.45) is 5.92 Å². The summed E-state index contributed by atoms with van der Waals surface area (Å²) >= 11 is 0. The molecule has 6 heteroatoms. The Labute approximate surface area is 148 Å². The third kappa shape index (κ3) is 4.82. The fourth-order valence-corrected chi connectivity index (χ4v) is 3.70. The van der Waals surface area contributed by atoms with Gasteiger partial charge in [-0.25, -0.2) is 8.42 Å².